The van der Waals surface area contributed by atoms with Crippen molar-refractivity contribution in [2.24, 2.45) is 0 Å². The molecule has 9 heteroatoms. The van der Waals surface area contributed by atoms with Crippen LogP contribution in [-0.2, 0) is 28.5 Å². The highest BCUT2D eigenvalue weighted by molar-refractivity contribution is 5.74. The topological polar surface area (TPSA) is 29.5 Å². The molecule has 3 nitrogen and oxygen atoms in total. The van der Waals surface area contributed by atoms with E-state index in [2.05, 4.69) is 0 Å². The van der Waals surface area contributed by atoms with Gasteiger partial charge in [0.2, 0.25) is 5.91 Å². The van der Waals surface area contributed by atoms with Gasteiger partial charge in [-0.1, -0.05) is 30.3 Å². The quantitative estimate of drug-likeness (QED) is 0.541. The summed E-state index contributed by atoms with van der Waals surface area (Å²) < 4.78 is 84.4. The van der Waals surface area contributed by atoms with Gasteiger partial charge in [0.05, 0.1) is 29.9 Å². The number of nitrogens with zero attached hydrogens (tertiary/aromatic N) is 1. The molecule has 2 atom stereocenters. The van der Waals surface area contributed by atoms with Crippen LogP contribution in [0.25, 0.3) is 0 Å². The molecule has 2 aromatic carbocycles. The molecule has 1 aliphatic rings. The van der Waals surface area contributed by atoms with Crippen molar-refractivity contribution in [3.63, 3.8) is 0 Å². The lowest BCUT2D eigenvalue weighted by Gasteiger charge is -2.41. The molecule has 1 saturated heterocycles. The summed E-state index contributed by atoms with van der Waals surface area (Å²) in [5.41, 5.74) is -2.19. The van der Waals surface area contributed by atoms with Gasteiger partial charge in [-0.2, -0.15) is 26.3 Å². The smallest absolute Gasteiger partial charge is 0.371 e. The Bertz CT molecular complexity index is 878. The van der Waals surface area contributed by atoms with Gasteiger partial charge in [-0.3, -0.25) is 4.79 Å². The van der Waals surface area contributed by atoms with Gasteiger partial charge in [0.1, 0.15) is 0 Å². The number of benzene rings is 2. The number of halogens is 6. The minimum Gasteiger partial charge on any atom is -0.371 e. The van der Waals surface area contributed by atoms with E-state index in [1.54, 1.807) is 17.0 Å². The van der Waals surface area contributed by atoms with Crippen molar-refractivity contribution in [2.75, 3.05) is 6.54 Å². The van der Waals surface area contributed by atoms with Gasteiger partial charge in [-0.05, 0) is 42.2 Å². The Labute approximate surface area is 175 Å². The van der Waals surface area contributed by atoms with E-state index in [9.17, 15) is 31.1 Å². The lowest BCUT2D eigenvalue weighted by atomic mass is 9.92. The number of amides is 1. The zero-order valence-electron chi connectivity index (χ0n) is 16.6. The van der Waals surface area contributed by atoms with E-state index >= 15 is 0 Å². The van der Waals surface area contributed by atoms with Crippen LogP contribution >= 0.6 is 0 Å². The third kappa shape index (κ3) is 5.58. The molecule has 1 heterocycles. The van der Waals surface area contributed by atoms with Gasteiger partial charge in [0.25, 0.3) is 0 Å². The predicted molar refractivity (Wildman–Crippen MR) is 101 cm³/mol. The number of piperidine rings is 1. The fourth-order valence-electron chi connectivity index (χ4n) is 3.84. The maximum absolute atomic E-state index is 13.1. The third-order valence-corrected chi connectivity index (χ3v) is 5.23. The first-order valence-electron chi connectivity index (χ1n) is 9.69. The van der Waals surface area contributed by atoms with E-state index in [1.807, 2.05) is 18.2 Å². The average Bonchev–Trinajstić information content (AvgIpc) is 2.71. The standard InChI is InChI=1S/C22H21F6NO2/c1-14(30)29-9-5-8-19(20(29)16-6-3-2-4-7-16)31-13-15-10-17(21(23,24)25)12-18(11-15)22(26,27)28/h2-4,6-7,10-12,19-20H,5,8-9,13H2,1H3/t19-,20-/m0/s1. The summed E-state index contributed by atoms with van der Waals surface area (Å²) in [7, 11) is 0. The number of hydrogen-bond donors (Lipinski definition) is 0. The number of ether oxygens (including phenoxy) is 1. The number of hydrogen-bond acceptors (Lipinski definition) is 2. The van der Waals surface area contributed by atoms with Crippen molar-refractivity contribution in [2.45, 2.75) is 50.9 Å². The van der Waals surface area contributed by atoms with E-state index < -0.39 is 42.2 Å². The summed E-state index contributed by atoms with van der Waals surface area (Å²) in [5, 5.41) is 0. The van der Waals surface area contributed by atoms with Crippen LogP contribution in [0.15, 0.2) is 48.5 Å². The van der Waals surface area contributed by atoms with Crippen molar-refractivity contribution in [1.29, 1.82) is 0 Å². The molecule has 31 heavy (non-hydrogen) atoms. The third-order valence-electron chi connectivity index (χ3n) is 5.23. The fourth-order valence-corrected chi connectivity index (χ4v) is 3.84. The Morgan fingerprint density at radius 3 is 2.10 bits per heavy atom. The molecule has 168 valence electrons. The molecule has 2 aromatic rings. The van der Waals surface area contributed by atoms with Crippen molar-refractivity contribution >= 4 is 5.91 Å². The summed E-state index contributed by atoms with van der Waals surface area (Å²) in [6.07, 6.45) is -9.26. The zero-order chi connectivity index (χ0) is 22.8. The highest BCUT2D eigenvalue weighted by Gasteiger charge is 2.38. The van der Waals surface area contributed by atoms with E-state index in [4.69, 9.17) is 4.74 Å². The normalized spacial score (nSPS) is 20.0. The molecule has 0 radical (unpaired) electrons. The molecule has 1 aliphatic heterocycles. The average molecular weight is 445 g/mol. The van der Waals surface area contributed by atoms with Crippen molar-refractivity contribution in [3.8, 4) is 0 Å². The van der Waals surface area contributed by atoms with Gasteiger partial charge >= 0.3 is 12.4 Å². The molecule has 0 unspecified atom stereocenters. The Morgan fingerprint density at radius 1 is 1.00 bits per heavy atom. The second-order valence-electron chi connectivity index (χ2n) is 7.47. The summed E-state index contributed by atoms with van der Waals surface area (Å²) in [5.74, 6) is -0.180. The molecular weight excluding hydrogens is 424 g/mol. The monoisotopic (exact) mass is 445 g/mol. The SMILES string of the molecule is CC(=O)N1CCC[C@H](OCc2cc(C(F)(F)F)cc(C(F)(F)F)c2)[C@@H]1c1ccccc1. The summed E-state index contributed by atoms with van der Waals surface area (Å²) in [6, 6.07) is 9.97. The van der Waals surface area contributed by atoms with Gasteiger partial charge < -0.3 is 9.64 Å². The van der Waals surface area contributed by atoms with Crippen LogP contribution in [0.4, 0.5) is 26.3 Å². The van der Waals surface area contributed by atoms with E-state index in [-0.39, 0.29) is 17.5 Å². The summed E-state index contributed by atoms with van der Waals surface area (Å²) in [6.45, 7) is 1.48. The molecule has 1 amide bonds. The van der Waals surface area contributed by atoms with Gasteiger partial charge in [0, 0.05) is 13.5 Å². The number of carbonyl (C=O) groups is 1. The van der Waals surface area contributed by atoms with Crippen molar-refractivity contribution in [3.05, 3.63) is 70.8 Å². The van der Waals surface area contributed by atoms with Gasteiger partial charge in [-0.25, -0.2) is 0 Å². The number of likely N-dealkylation sites (tertiary alicyclic amines) is 1. The molecule has 0 N–H and O–H groups in total. The van der Waals surface area contributed by atoms with Crippen LogP contribution in [-0.4, -0.2) is 23.5 Å². The lowest BCUT2D eigenvalue weighted by Crippen LogP contribution is -2.45. The van der Waals surface area contributed by atoms with E-state index in [1.165, 1.54) is 6.92 Å². The van der Waals surface area contributed by atoms with Gasteiger partial charge in [-0.15, -0.1) is 0 Å². The minimum absolute atomic E-state index is 0.0916. The number of alkyl halides is 6. The molecule has 0 aromatic heterocycles. The van der Waals surface area contributed by atoms with E-state index in [0.29, 0.717) is 31.5 Å². The predicted octanol–water partition coefficient (Wildman–Crippen LogP) is 5.99. The Hall–Kier alpha value is -2.55. The minimum atomic E-state index is -4.92. The van der Waals surface area contributed by atoms with Crippen LogP contribution in [0.1, 0.15) is 48.1 Å². The fraction of sp³-hybridized carbons (Fsp3) is 0.409. The molecular formula is C22H21F6NO2. The van der Waals surface area contributed by atoms with E-state index in [0.717, 1.165) is 5.56 Å². The lowest BCUT2D eigenvalue weighted by molar-refractivity contribution is -0.144. The first-order valence-corrected chi connectivity index (χ1v) is 9.69. The molecule has 3 rings (SSSR count). The Kier molecular flexibility index (Phi) is 6.64. The van der Waals surface area contributed by atoms with Crippen molar-refractivity contribution < 1.29 is 35.9 Å². The second kappa shape index (κ2) is 8.90. The number of carbonyl (C=O) groups excluding carboxylic acids is 1. The highest BCUT2D eigenvalue weighted by Crippen LogP contribution is 2.38. The van der Waals surface area contributed by atoms with Crippen LogP contribution in [0.2, 0.25) is 0 Å². The molecule has 0 spiro atoms. The second-order valence-corrected chi connectivity index (χ2v) is 7.47. The molecule has 0 saturated carbocycles. The van der Waals surface area contributed by atoms with Crippen LogP contribution in [0, 0.1) is 0 Å². The maximum atomic E-state index is 13.1. The maximum Gasteiger partial charge on any atom is 0.416 e. The first kappa shape index (κ1) is 23.1. The highest BCUT2D eigenvalue weighted by atomic mass is 19.4. The number of rotatable bonds is 4. The summed E-state index contributed by atoms with van der Waals surface area (Å²) in [4.78, 5) is 13.8. The summed E-state index contributed by atoms with van der Waals surface area (Å²) >= 11 is 0. The molecule has 0 bridgehead atoms. The zero-order valence-corrected chi connectivity index (χ0v) is 16.6. The van der Waals surface area contributed by atoms with Crippen LogP contribution < -0.4 is 0 Å². The molecule has 0 aliphatic carbocycles. The van der Waals surface area contributed by atoms with Gasteiger partial charge in [0.15, 0.2) is 0 Å². The Balaban J connectivity index is 1.88. The first-order chi connectivity index (χ1) is 14.5. The Morgan fingerprint density at radius 2 is 1.58 bits per heavy atom. The van der Waals surface area contributed by atoms with Crippen LogP contribution in [0.5, 0.6) is 0 Å². The molecule has 1 fully saturated rings. The largest absolute Gasteiger partial charge is 0.416 e. The van der Waals surface area contributed by atoms with Crippen molar-refractivity contribution in [1.82, 2.24) is 4.90 Å². The van der Waals surface area contributed by atoms with Crippen LogP contribution in [0.3, 0.4) is 0 Å².